The molecule has 0 radical (unpaired) electrons. The van der Waals surface area contributed by atoms with Gasteiger partial charge in [0.05, 0.1) is 11.5 Å². The van der Waals surface area contributed by atoms with Crippen molar-refractivity contribution in [3.63, 3.8) is 0 Å². The zero-order valence-electron chi connectivity index (χ0n) is 15.2. The van der Waals surface area contributed by atoms with E-state index in [-0.39, 0.29) is 23.2 Å². The van der Waals surface area contributed by atoms with Crippen molar-refractivity contribution >= 4 is 35.4 Å². The molecule has 2 rings (SSSR count). The van der Waals surface area contributed by atoms with Crippen LogP contribution in [-0.4, -0.2) is 47.6 Å². The summed E-state index contributed by atoms with van der Waals surface area (Å²) in [6.45, 7) is 1.65. The maximum absolute atomic E-state index is 12.8. The van der Waals surface area contributed by atoms with E-state index in [1.54, 1.807) is 25.1 Å². The van der Waals surface area contributed by atoms with Crippen LogP contribution in [0.5, 0.6) is 0 Å². The number of benzene rings is 1. The molecule has 1 heterocycles. The lowest BCUT2D eigenvalue weighted by Crippen LogP contribution is -2.30. The third kappa shape index (κ3) is 8.21. The largest absolute Gasteiger partial charge is 0.455 e. The Bertz CT molecular complexity index is 810. The number of thioether (sulfide) groups is 1. The molecule has 0 aliphatic carbocycles. The lowest BCUT2D eigenvalue weighted by Gasteiger charge is -2.07. The highest BCUT2D eigenvalue weighted by atomic mass is 32.2. The Kier molecular flexibility index (Phi) is 8.47. The molecule has 10 heteroatoms. The molecule has 0 aliphatic heterocycles. The molecule has 0 atom stereocenters. The van der Waals surface area contributed by atoms with Gasteiger partial charge in [-0.15, -0.1) is 11.8 Å². The molecule has 28 heavy (non-hydrogen) atoms. The Hall–Kier alpha value is -2.88. The van der Waals surface area contributed by atoms with Crippen LogP contribution in [0.2, 0.25) is 0 Å². The van der Waals surface area contributed by atoms with Crippen molar-refractivity contribution in [3.8, 4) is 0 Å². The van der Waals surface area contributed by atoms with Crippen LogP contribution in [0.15, 0.2) is 34.9 Å². The van der Waals surface area contributed by atoms with Crippen molar-refractivity contribution in [2.24, 2.45) is 0 Å². The van der Waals surface area contributed by atoms with Crippen molar-refractivity contribution in [1.82, 2.24) is 10.5 Å². The number of nitrogens with one attached hydrogen (secondary N) is 2. The summed E-state index contributed by atoms with van der Waals surface area (Å²) in [6.07, 6.45) is 0.538. The minimum absolute atomic E-state index is 0.0326. The Morgan fingerprint density at radius 2 is 1.93 bits per heavy atom. The van der Waals surface area contributed by atoms with Crippen LogP contribution in [0.25, 0.3) is 0 Å². The molecule has 0 fully saturated rings. The summed E-state index contributed by atoms with van der Waals surface area (Å²) in [6, 6.07) is 7.55. The number of rotatable bonds is 10. The molecule has 0 saturated heterocycles. The smallest absolute Gasteiger partial charge is 0.316 e. The quantitative estimate of drug-likeness (QED) is 0.575. The van der Waals surface area contributed by atoms with E-state index in [1.807, 2.05) is 0 Å². The number of aromatic nitrogens is 1. The van der Waals surface area contributed by atoms with Gasteiger partial charge in [0.25, 0.3) is 5.91 Å². The predicted molar refractivity (Wildman–Crippen MR) is 101 cm³/mol. The first kappa shape index (κ1) is 21.4. The predicted octanol–water partition coefficient (Wildman–Crippen LogP) is 1.70. The summed E-state index contributed by atoms with van der Waals surface area (Å²) in [5.74, 6) is -0.819. The minimum Gasteiger partial charge on any atom is -0.455 e. The topological polar surface area (TPSA) is 111 Å². The molecule has 0 unspecified atom stereocenters. The fourth-order valence-electron chi connectivity index (χ4n) is 2.07. The number of anilines is 1. The number of carbonyl (C=O) groups excluding carboxylic acids is 3. The SMILES string of the molecule is Cc1cc(NC(=O)CSCC(=O)OCC(=O)NCCc2ccc(F)cc2)no1. The minimum atomic E-state index is -0.594. The molecule has 1 aromatic carbocycles. The van der Waals surface area contributed by atoms with Crippen molar-refractivity contribution in [1.29, 1.82) is 0 Å². The second-order valence-electron chi connectivity index (χ2n) is 5.75. The van der Waals surface area contributed by atoms with E-state index in [0.717, 1.165) is 17.3 Å². The molecule has 0 aliphatic rings. The highest BCUT2D eigenvalue weighted by Gasteiger charge is 2.10. The Morgan fingerprint density at radius 1 is 1.18 bits per heavy atom. The third-order valence-corrected chi connectivity index (χ3v) is 4.27. The summed E-state index contributed by atoms with van der Waals surface area (Å²) < 4.78 is 22.5. The van der Waals surface area contributed by atoms with Gasteiger partial charge in [0.1, 0.15) is 11.6 Å². The van der Waals surface area contributed by atoms with Crippen LogP contribution < -0.4 is 10.6 Å². The van der Waals surface area contributed by atoms with Crippen molar-refractivity contribution < 1.29 is 28.0 Å². The second kappa shape index (κ2) is 11.1. The Balaban J connectivity index is 1.53. The van der Waals surface area contributed by atoms with Gasteiger partial charge in [-0.05, 0) is 31.0 Å². The first-order valence-corrected chi connectivity index (χ1v) is 9.55. The fourth-order valence-corrected chi connectivity index (χ4v) is 2.68. The number of hydrogen-bond acceptors (Lipinski definition) is 7. The molecular weight excluding hydrogens is 389 g/mol. The molecule has 1 aromatic heterocycles. The van der Waals surface area contributed by atoms with Crippen molar-refractivity contribution in [3.05, 3.63) is 47.5 Å². The van der Waals surface area contributed by atoms with Crippen LogP contribution >= 0.6 is 11.8 Å². The van der Waals surface area contributed by atoms with Crippen LogP contribution in [0.3, 0.4) is 0 Å². The molecule has 2 amide bonds. The fraction of sp³-hybridized carbons (Fsp3) is 0.333. The van der Waals surface area contributed by atoms with Gasteiger partial charge in [0, 0.05) is 12.6 Å². The van der Waals surface area contributed by atoms with Crippen LogP contribution in [0.1, 0.15) is 11.3 Å². The molecule has 0 bridgehead atoms. The number of aryl methyl sites for hydroxylation is 1. The summed E-state index contributed by atoms with van der Waals surface area (Å²) in [5, 5.41) is 8.76. The van der Waals surface area contributed by atoms with Gasteiger partial charge in [-0.1, -0.05) is 17.3 Å². The van der Waals surface area contributed by atoms with Gasteiger partial charge < -0.3 is 19.9 Å². The normalized spacial score (nSPS) is 10.4. The summed E-state index contributed by atoms with van der Waals surface area (Å²) in [5.41, 5.74) is 0.883. The average Bonchev–Trinajstić information content (AvgIpc) is 3.06. The number of hydrogen-bond donors (Lipinski definition) is 2. The maximum Gasteiger partial charge on any atom is 0.316 e. The first-order chi connectivity index (χ1) is 13.4. The summed E-state index contributed by atoms with van der Waals surface area (Å²) in [4.78, 5) is 34.9. The van der Waals surface area contributed by atoms with Crippen molar-refractivity contribution in [2.45, 2.75) is 13.3 Å². The molecule has 8 nitrogen and oxygen atoms in total. The number of amides is 2. The summed E-state index contributed by atoms with van der Waals surface area (Å²) in [7, 11) is 0. The second-order valence-corrected chi connectivity index (χ2v) is 6.74. The van der Waals surface area contributed by atoms with Gasteiger partial charge in [0.2, 0.25) is 5.91 Å². The summed E-state index contributed by atoms with van der Waals surface area (Å²) >= 11 is 1.06. The lowest BCUT2D eigenvalue weighted by atomic mass is 10.1. The van der Waals surface area contributed by atoms with Gasteiger partial charge in [0.15, 0.2) is 12.4 Å². The average molecular weight is 409 g/mol. The van der Waals surface area contributed by atoms with E-state index in [4.69, 9.17) is 9.26 Å². The monoisotopic (exact) mass is 409 g/mol. The number of ether oxygens (including phenoxy) is 1. The van der Waals surface area contributed by atoms with E-state index < -0.39 is 18.5 Å². The molecule has 0 spiro atoms. The highest BCUT2D eigenvalue weighted by Crippen LogP contribution is 2.08. The number of esters is 1. The molecule has 150 valence electrons. The van der Waals surface area contributed by atoms with E-state index in [1.165, 1.54) is 12.1 Å². The van der Waals surface area contributed by atoms with E-state index in [9.17, 15) is 18.8 Å². The highest BCUT2D eigenvalue weighted by molar-refractivity contribution is 8.00. The van der Waals surface area contributed by atoms with Gasteiger partial charge >= 0.3 is 5.97 Å². The standard InChI is InChI=1S/C18H20FN3O5S/c1-12-8-15(22-27-12)21-17(24)10-28-11-18(25)26-9-16(23)20-7-6-13-2-4-14(19)5-3-13/h2-5,8H,6-7,9-11H2,1H3,(H,20,23)(H,21,22,24). The molecule has 2 N–H and O–H groups in total. The van der Waals surface area contributed by atoms with E-state index in [2.05, 4.69) is 15.8 Å². The number of nitrogens with zero attached hydrogens (tertiary/aromatic N) is 1. The van der Waals surface area contributed by atoms with Gasteiger partial charge in [-0.25, -0.2) is 4.39 Å². The number of carbonyl (C=O) groups is 3. The van der Waals surface area contributed by atoms with Gasteiger partial charge in [-0.3, -0.25) is 14.4 Å². The lowest BCUT2D eigenvalue weighted by molar-refractivity contribution is -0.145. The zero-order chi connectivity index (χ0) is 20.4. The molecular formula is C18H20FN3O5S. The molecule has 0 saturated carbocycles. The number of halogens is 1. The zero-order valence-corrected chi connectivity index (χ0v) is 16.0. The third-order valence-electron chi connectivity index (χ3n) is 3.36. The van der Waals surface area contributed by atoms with Gasteiger partial charge in [-0.2, -0.15) is 0 Å². The van der Waals surface area contributed by atoms with E-state index >= 15 is 0 Å². The first-order valence-electron chi connectivity index (χ1n) is 8.40. The van der Waals surface area contributed by atoms with Crippen LogP contribution in [0.4, 0.5) is 10.2 Å². The Morgan fingerprint density at radius 3 is 2.61 bits per heavy atom. The van der Waals surface area contributed by atoms with E-state index in [0.29, 0.717) is 24.5 Å². The maximum atomic E-state index is 12.8. The Labute approximate surface area is 165 Å². The van der Waals surface area contributed by atoms with Crippen molar-refractivity contribution in [2.75, 3.05) is 30.0 Å². The van der Waals surface area contributed by atoms with Crippen LogP contribution in [-0.2, 0) is 25.5 Å². The molecule has 2 aromatic rings. The van der Waals surface area contributed by atoms with Crippen LogP contribution in [0, 0.1) is 12.7 Å².